The monoisotopic (exact) mass is 228 g/mol. The molecule has 2 unspecified atom stereocenters. The highest BCUT2D eigenvalue weighted by molar-refractivity contribution is 4.71. The molecular weight excluding hydrogens is 200 g/mol. The molecule has 96 valence electrons. The third-order valence-electron chi connectivity index (χ3n) is 3.72. The molecule has 0 aromatic carbocycles. The summed E-state index contributed by atoms with van der Waals surface area (Å²) in [6.07, 6.45) is 5.10. The standard InChI is InChI=1S/C13H28N2O/c1-3-12(11-16)9-14-7-6-13-5-4-8-15(2)10-13/h12-14,16H,3-11H2,1-2H3. The van der Waals surface area contributed by atoms with Crippen LogP contribution in [0, 0.1) is 11.8 Å². The number of aliphatic hydroxyl groups is 1. The first-order valence-corrected chi connectivity index (χ1v) is 6.76. The molecule has 2 atom stereocenters. The second kappa shape index (κ2) is 8.04. The summed E-state index contributed by atoms with van der Waals surface area (Å²) in [5.74, 6) is 1.31. The number of rotatable bonds is 7. The predicted octanol–water partition coefficient (Wildman–Crippen LogP) is 1.33. The van der Waals surface area contributed by atoms with Crippen molar-refractivity contribution in [3.8, 4) is 0 Å². The molecule has 1 aliphatic heterocycles. The first-order valence-electron chi connectivity index (χ1n) is 6.76. The van der Waals surface area contributed by atoms with E-state index in [0.29, 0.717) is 12.5 Å². The Balaban J connectivity index is 2.02. The molecule has 1 saturated heterocycles. The van der Waals surface area contributed by atoms with E-state index in [4.69, 9.17) is 5.11 Å². The molecule has 3 nitrogen and oxygen atoms in total. The maximum atomic E-state index is 9.06. The van der Waals surface area contributed by atoms with Gasteiger partial charge in [0.05, 0.1) is 0 Å². The van der Waals surface area contributed by atoms with Crippen LogP contribution in [0.1, 0.15) is 32.6 Å². The van der Waals surface area contributed by atoms with Gasteiger partial charge < -0.3 is 15.3 Å². The zero-order chi connectivity index (χ0) is 11.8. The van der Waals surface area contributed by atoms with Crippen LogP contribution in [0.5, 0.6) is 0 Å². The average Bonchev–Trinajstić information content (AvgIpc) is 2.29. The number of nitrogens with zero attached hydrogens (tertiary/aromatic N) is 1. The van der Waals surface area contributed by atoms with Gasteiger partial charge in [-0.05, 0) is 57.7 Å². The fourth-order valence-electron chi connectivity index (χ4n) is 2.46. The quantitative estimate of drug-likeness (QED) is 0.645. The van der Waals surface area contributed by atoms with Crippen LogP contribution in [0.15, 0.2) is 0 Å². The van der Waals surface area contributed by atoms with E-state index in [0.717, 1.165) is 25.4 Å². The molecule has 0 aromatic heterocycles. The predicted molar refractivity (Wildman–Crippen MR) is 68.6 cm³/mol. The number of piperidine rings is 1. The highest BCUT2D eigenvalue weighted by atomic mass is 16.3. The van der Waals surface area contributed by atoms with Crippen molar-refractivity contribution in [3.05, 3.63) is 0 Å². The Morgan fingerprint density at radius 1 is 1.50 bits per heavy atom. The van der Waals surface area contributed by atoms with Gasteiger partial charge in [0.15, 0.2) is 0 Å². The molecule has 0 aromatic rings. The van der Waals surface area contributed by atoms with E-state index in [1.165, 1.54) is 32.4 Å². The molecule has 1 heterocycles. The molecule has 1 fully saturated rings. The number of likely N-dealkylation sites (tertiary alicyclic amines) is 1. The fraction of sp³-hybridized carbons (Fsp3) is 1.00. The van der Waals surface area contributed by atoms with E-state index < -0.39 is 0 Å². The SMILES string of the molecule is CCC(CO)CNCCC1CCCN(C)C1. The van der Waals surface area contributed by atoms with Gasteiger partial charge in [-0.3, -0.25) is 0 Å². The lowest BCUT2D eigenvalue weighted by atomic mass is 9.95. The molecule has 0 spiro atoms. The molecule has 1 rings (SSSR count). The minimum Gasteiger partial charge on any atom is -0.396 e. The Bertz CT molecular complexity index is 171. The number of nitrogens with one attached hydrogen (secondary N) is 1. The van der Waals surface area contributed by atoms with Crippen LogP contribution >= 0.6 is 0 Å². The van der Waals surface area contributed by atoms with Gasteiger partial charge in [-0.25, -0.2) is 0 Å². The molecule has 16 heavy (non-hydrogen) atoms. The van der Waals surface area contributed by atoms with Crippen LogP contribution in [0.4, 0.5) is 0 Å². The Labute approximate surface area is 100 Å². The lowest BCUT2D eigenvalue weighted by molar-refractivity contribution is 0.196. The smallest absolute Gasteiger partial charge is 0.0471 e. The molecule has 0 bridgehead atoms. The summed E-state index contributed by atoms with van der Waals surface area (Å²) in [7, 11) is 2.22. The molecular formula is C13H28N2O. The van der Waals surface area contributed by atoms with Gasteiger partial charge in [-0.15, -0.1) is 0 Å². The van der Waals surface area contributed by atoms with E-state index in [9.17, 15) is 0 Å². The zero-order valence-corrected chi connectivity index (χ0v) is 10.9. The van der Waals surface area contributed by atoms with E-state index in [1.54, 1.807) is 0 Å². The Morgan fingerprint density at radius 2 is 2.31 bits per heavy atom. The van der Waals surface area contributed by atoms with Crippen LogP contribution in [0.25, 0.3) is 0 Å². The van der Waals surface area contributed by atoms with Gasteiger partial charge >= 0.3 is 0 Å². The van der Waals surface area contributed by atoms with Gasteiger partial charge in [-0.1, -0.05) is 6.92 Å². The van der Waals surface area contributed by atoms with Crippen molar-refractivity contribution in [2.45, 2.75) is 32.6 Å². The first-order chi connectivity index (χ1) is 7.76. The summed E-state index contributed by atoms with van der Waals surface area (Å²) < 4.78 is 0. The van der Waals surface area contributed by atoms with Crippen LogP contribution in [0.3, 0.4) is 0 Å². The van der Waals surface area contributed by atoms with Crippen LogP contribution in [-0.2, 0) is 0 Å². The summed E-state index contributed by atoms with van der Waals surface area (Å²) in [5, 5.41) is 12.5. The van der Waals surface area contributed by atoms with Gasteiger partial charge in [-0.2, -0.15) is 0 Å². The normalized spacial score (nSPS) is 24.6. The number of aliphatic hydroxyl groups excluding tert-OH is 1. The van der Waals surface area contributed by atoms with E-state index in [2.05, 4.69) is 24.2 Å². The number of hydrogen-bond donors (Lipinski definition) is 2. The van der Waals surface area contributed by atoms with Crippen molar-refractivity contribution < 1.29 is 5.11 Å². The van der Waals surface area contributed by atoms with Crippen LogP contribution in [0.2, 0.25) is 0 Å². The van der Waals surface area contributed by atoms with Crippen LogP contribution in [-0.4, -0.2) is 49.8 Å². The highest BCUT2D eigenvalue weighted by Gasteiger charge is 2.16. The Morgan fingerprint density at radius 3 is 2.94 bits per heavy atom. The van der Waals surface area contributed by atoms with Gasteiger partial charge in [0, 0.05) is 19.7 Å². The molecule has 0 radical (unpaired) electrons. The summed E-state index contributed by atoms with van der Waals surface area (Å²) >= 11 is 0. The second-order valence-corrected chi connectivity index (χ2v) is 5.22. The molecule has 2 N–H and O–H groups in total. The molecule has 0 amide bonds. The maximum Gasteiger partial charge on any atom is 0.0471 e. The molecule has 3 heteroatoms. The first kappa shape index (κ1) is 13.9. The van der Waals surface area contributed by atoms with Crippen molar-refractivity contribution in [2.75, 3.05) is 39.8 Å². The van der Waals surface area contributed by atoms with Crippen LogP contribution < -0.4 is 5.32 Å². The molecule has 0 aliphatic carbocycles. The van der Waals surface area contributed by atoms with Crippen molar-refractivity contribution in [1.29, 1.82) is 0 Å². The van der Waals surface area contributed by atoms with Crippen molar-refractivity contribution in [3.63, 3.8) is 0 Å². The van der Waals surface area contributed by atoms with Crippen molar-refractivity contribution in [1.82, 2.24) is 10.2 Å². The number of hydrogen-bond acceptors (Lipinski definition) is 3. The fourth-order valence-corrected chi connectivity index (χ4v) is 2.46. The summed E-state index contributed by atoms with van der Waals surface area (Å²) in [6, 6.07) is 0. The Hall–Kier alpha value is -0.120. The largest absolute Gasteiger partial charge is 0.396 e. The second-order valence-electron chi connectivity index (χ2n) is 5.22. The third kappa shape index (κ3) is 5.28. The van der Waals surface area contributed by atoms with Crippen molar-refractivity contribution in [2.24, 2.45) is 11.8 Å². The summed E-state index contributed by atoms with van der Waals surface area (Å²) in [6.45, 7) is 7.06. The molecule has 1 aliphatic rings. The lowest BCUT2D eigenvalue weighted by Crippen LogP contribution is -2.34. The Kier molecular flexibility index (Phi) is 7.01. The third-order valence-corrected chi connectivity index (χ3v) is 3.72. The van der Waals surface area contributed by atoms with Gasteiger partial charge in [0.2, 0.25) is 0 Å². The van der Waals surface area contributed by atoms with Gasteiger partial charge in [0.25, 0.3) is 0 Å². The topological polar surface area (TPSA) is 35.5 Å². The minimum absolute atomic E-state index is 0.315. The highest BCUT2D eigenvalue weighted by Crippen LogP contribution is 2.17. The van der Waals surface area contributed by atoms with E-state index >= 15 is 0 Å². The summed E-state index contributed by atoms with van der Waals surface area (Å²) in [4.78, 5) is 2.44. The van der Waals surface area contributed by atoms with Crippen molar-refractivity contribution >= 4 is 0 Å². The minimum atomic E-state index is 0.315. The van der Waals surface area contributed by atoms with E-state index in [1.807, 2.05) is 0 Å². The summed E-state index contributed by atoms with van der Waals surface area (Å²) in [5.41, 5.74) is 0. The van der Waals surface area contributed by atoms with Gasteiger partial charge in [0.1, 0.15) is 0 Å². The average molecular weight is 228 g/mol. The maximum absolute atomic E-state index is 9.06. The molecule has 0 saturated carbocycles. The van der Waals surface area contributed by atoms with E-state index in [-0.39, 0.29) is 0 Å². The lowest BCUT2D eigenvalue weighted by Gasteiger charge is -2.29. The zero-order valence-electron chi connectivity index (χ0n) is 10.9.